The molecule has 2 heterocycles. The van der Waals surface area contributed by atoms with Crippen LogP contribution in [0, 0.1) is 0 Å². The van der Waals surface area contributed by atoms with Gasteiger partial charge >= 0.3 is 0 Å². The highest BCUT2D eigenvalue weighted by Crippen LogP contribution is 2.40. The molecule has 0 bridgehead atoms. The molecule has 1 unspecified atom stereocenters. The van der Waals surface area contributed by atoms with Gasteiger partial charge in [-0.1, -0.05) is 23.7 Å². The lowest BCUT2D eigenvalue weighted by Crippen LogP contribution is -2.29. The van der Waals surface area contributed by atoms with Crippen LogP contribution < -0.4 is 20.7 Å². The van der Waals surface area contributed by atoms with Gasteiger partial charge in [-0.15, -0.1) is 11.3 Å². The number of para-hydroxylation sites is 1. The van der Waals surface area contributed by atoms with Crippen molar-refractivity contribution in [1.82, 2.24) is 5.43 Å². The highest BCUT2D eigenvalue weighted by Gasteiger charge is 2.23. The van der Waals surface area contributed by atoms with Gasteiger partial charge in [0, 0.05) is 10.4 Å². The fourth-order valence-electron chi connectivity index (χ4n) is 2.13. The Balaban J connectivity index is 2.04. The molecule has 0 aliphatic carbocycles. The van der Waals surface area contributed by atoms with Gasteiger partial charge in [0.25, 0.3) is 0 Å². The van der Waals surface area contributed by atoms with Crippen LogP contribution in [0.2, 0.25) is 4.34 Å². The zero-order chi connectivity index (χ0) is 13.2. The molecule has 0 saturated heterocycles. The predicted octanol–water partition coefficient (Wildman–Crippen LogP) is 2.73. The van der Waals surface area contributed by atoms with Gasteiger partial charge in [-0.25, -0.2) is 5.43 Å². The first-order valence-electron chi connectivity index (χ1n) is 5.89. The maximum Gasteiger partial charge on any atom is 0.166 e. The number of rotatable bonds is 3. The fourth-order valence-corrected chi connectivity index (χ4v) is 3.27. The third kappa shape index (κ3) is 2.42. The van der Waals surface area contributed by atoms with E-state index < -0.39 is 0 Å². The van der Waals surface area contributed by atoms with Crippen molar-refractivity contribution in [2.75, 3.05) is 13.2 Å². The average molecular weight is 297 g/mol. The van der Waals surface area contributed by atoms with Crippen LogP contribution in [0.15, 0.2) is 30.3 Å². The highest BCUT2D eigenvalue weighted by atomic mass is 35.5. The summed E-state index contributed by atoms with van der Waals surface area (Å²) in [5.41, 5.74) is 3.77. The third-order valence-electron chi connectivity index (χ3n) is 2.95. The monoisotopic (exact) mass is 296 g/mol. The van der Waals surface area contributed by atoms with Crippen LogP contribution >= 0.6 is 22.9 Å². The number of fused-ring (bicyclic) bond motifs is 1. The van der Waals surface area contributed by atoms with Crippen molar-refractivity contribution in [3.05, 3.63) is 45.1 Å². The molecule has 0 spiro atoms. The number of ether oxygens (including phenoxy) is 2. The minimum atomic E-state index is -0.158. The predicted molar refractivity (Wildman–Crippen MR) is 75.9 cm³/mol. The molecule has 19 heavy (non-hydrogen) atoms. The van der Waals surface area contributed by atoms with E-state index in [9.17, 15) is 0 Å². The number of thiophene rings is 1. The fraction of sp³-hybridized carbons (Fsp3) is 0.231. The van der Waals surface area contributed by atoms with E-state index in [2.05, 4.69) is 5.43 Å². The van der Waals surface area contributed by atoms with Gasteiger partial charge in [0.05, 0.1) is 10.4 Å². The van der Waals surface area contributed by atoms with E-state index in [0.717, 1.165) is 26.3 Å². The molecule has 0 amide bonds. The second-order valence-corrected chi connectivity index (χ2v) is 5.86. The minimum Gasteiger partial charge on any atom is -0.486 e. The molecule has 1 aliphatic rings. The summed E-state index contributed by atoms with van der Waals surface area (Å²) in [5.74, 6) is 7.20. The molecule has 3 rings (SSSR count). The van der Waals surface area contributed by atoms with E-state index in [1.165, 1.54) is 11.3 Å². The van der Waals surface area contributed by atoms with Gasteiger partial charge in [-0.3, -0.25) is 5.84 Å². The zero-order valence-corrected chi connectivity index (χ0v) is 11.6. The molecule has 0 fully saturated rings. The Hall–Kier alpha value is -1.27. The van der Waals surface area contributed by atoms with E-state index in [4.69, 9.17) is 26.9 Å². The number of nitrogens with one attached hydrogen (secondary N) is 1. The number of nitrogens with two attached hydrogens (primary N) is 1. The lowest BCUT2D eigenvalue weighted by Gasteiger charge is -2.24. The zero-order valence-electron chi connectivity index (χ0n) is 10.1. The van der Waals surface area contributed by atoms with Crippen molar-refractivity contribution in [1.29, 1.82) is 0 Å². The molecular weight excluding hydrogens is 284 g/mol. The molecule has 1 atom stereocenters. The van der Waals surface area contributed by atoms with Gasteiger partial charge in [-0.2, -0.15) is 0 Å². The van der Waals surface area contributed by atoms with Crippen LogP contribution in [0.5, 0.6) is 11.5 Å². The summed E-state index contributed by atoms with van der Waals surface area (Å²) in [6, 6.07) is 9.47. The summed E-state index contributed by atoms with van der Waals surface area (Å²) >= 11 is 7.48. The minimum absolute atomic E-state index is 0.158. The number of hydrazine groups is 1. The van der Waals surface area contributed by atoms with Gasteiger partial charge in [0.15, 0.2) is 11.5 Å². The molecule has 6 heteroatoms. The van der Waals surface area contributed by atoms with Crippen molar-refractivity contribution >= 4 is 22.9 Å². The van der Waals surface area contributed by atoms with E-state index in [1.807, 2.05) is 30.3 Å². The van der Waals surface area contributed by atoms with Gasteiger partial charge in [0.1, 0.15) is 13.2 Å². The molecule has 100 valence electrons. The standard InChI is InChI=1S/C13H13ClN2O2S/c14-11-5-4-10(19-11)12(16-15)8-2-1-3-9-13(8)18-7-6-17-9/h1-5,12,16H,6-7,15H2. The quantitative estimate of drug-likeness (QED) is 0.675. The summed E-state index contributed by atoms with van der Waals surface area (Å²) < 4.78 is 12.0. The Kier molecular flexibility index (Phi) is 3.61. The van der Waals surface area contributed by atoms with Crippen LogP contribution in [-0.2, 0) is 0 Å². The molecule has 1 aliphatic heterocycles. The van der Waals surface area contributed by atoms with Crippen molar-refractivity contribution in [2.45, 2.75) is 6.04 Å². The SMILES string of the molecule is NNC(c1ccc(Cl)s1)c1cccc2c1OCCO2. The number of halogens is 1. The second-order valence-electron chi connectivity index (χ2n) is 4.11. The summed E-state index contributed by atoms with van der Waals surface area (Å²) in [6.07, 6.45) is 0. The Labute approximate surface area is 120 Å². The lowest BCUT2D eigenvalue weighted by atomic mass is 10.0. The summed E-state index contributed by atoms with van der Waals surface area (Å²) in [5, 5.41) is 0. The highest BCUT2D eigenvalue weighted by molar-refractivity contribution is 7.16. The van der Waals surface area contributed by atoms with Crippen LogP contribution in [0.25, 0.3) is 0 Å². The third-order valence-corrected chi connectivity index (χ3v) is 4.25. The summed E-state index contributed by atoms with van der Waals surface area (Å²) in [7, 11) is 0. The van der Waals surface area contributed by atoms with E-state index in [0.29, 0.717) is 13.2 Å². The Morgan fingerprint density at radius 3 is 2.79 bits per heavy atom. The van der Waals surface area contributed by atoms with Crippen LogP contribution in [-0.4, -0.2) is 13.2 Å². The van der Waals surface area contributed by atoms with Crippen molar-refractivity contribution in [3.63, 3.8) is 0 Å². The van der Waals surface area contributed by atoms with Gasteiger partial charge in [0.2, 0.25) is 0 Å². The maximum atomic E-state index is 5.99. The van der Waals surface area contributed by atoms with Crippen molar-refractivity contribution in [3.8, 4) is 11.5 Å². The Bertz CT molecular complexity index is 588. The summed E-state index contributed by atoms with van der Waals surface area (Å²) in [6.45, 7) is 1.12. The molecule has 0 radical (unpaired) electrons. The maximum absolute atomic E-state index is 5.99. The van der Waals surface area contributed by atoms with Gasteiger partial charge < -0.3 is 9.47 Å². The molecule has 3 N–H and O–H groups in total. The van der Waals surface area contributed by atoms with Crippen molar-refractivity contribution in [2.24, 2.45) is 5.84 Å². The summed E-state index contributed by atoms with van der Waals surface area (Å²) in [4.78, 5) is 1.04. The average Bonchev–Trinajstić information content (AvgIpc) is 2.86. The molecule has 2 aromatic rings. The smallest absolute Gasteiger partial charge is 0.166 e. The molecule has 1 aromatic heterocycles. The van der Waals surface area contributed by atoms with E-state index in [1.54, 1.807) is 0 Å². The first-order valence-corrected chi connectivity index (χ1v) is 7.09. The van der Waals surface area contributed by atoms with Crippen LogP contribution in [0.1, 0.15) is 16.5 Å². The van der Waals surface area contributed by atoms with Crippen LogP contribution in [0.3, 0.4) is 0 Å². The Morgan fingerprint density at radius 1 is 1.21 bits per heavy atom. The second kappa shape index (κ2) is 5.38. The molecule has 0 saturated carbocycles. The van der Waals surface area contributed by atoms with Gasteiger partial charge in [-0.05, 0) is 18.2 Å². The topological polar surface area (TPSA) is 56.5 Å². The van der Waals surface area contributed by atoms with Crippen molar-refractivity contribution < 1.29 is 9.47 Å². The van der Waals surface area contributed by atoms with E-state index >= 15 is 0 Å². The van der Waals surface area contributed by atoms with Crippen LogP contribution in [0.4, 0.5) is 0 Å². The largest absolute Gasteiger partial charge is 0.486 e. The normalized spacial score (nSPS) is 15.3. The number of benzene rings is 1. The Morgan fingerprint density at radius 2 is 2.05 bits per heavy atom. The van der Waals surface area contributed by atoms with E-state index in [-0.39, 0.29) is 6.04 Å². The lowest BCUT2D eigenvalue weighted by molar-refractivity contribution is 0.169. The number of hydrogen-bond acceptors (Lipinski definition) is 5. The first-order chi connectivity index (χ1) is 9.29. The first kappa shape index (κ1) is 12.7. The molecule has 1 aromatic carbocycles. The number of hydrogen-bond donors (Lipinski definition) is 2. The molecule has 4 nitrogen and oxygen atoms in total. The molecular formula is C13H13ClN2O2S.